The van der Waals surface area contributed by atoms with E-state index in [9.17, 15) is 23.1 Å². The molecule has 2 heterocycles. The number of amides is 1. The van der Waals surface area contributed by atoms with Crippen molar-refractivity contribution in [3.8, 4) is 0 Å². The van der Waals surface area contributed by atoms with Gasteiger partial charge in [-0.05, 0) is 74.6 Å². The summed E-state index contributed by atoms with van der Waals surface area (Å²) in [7, 11) is -3.81. The van der Waals surface area contributed by atoms with Crippen molar-refractivity contribution in [2.24, 2.45) is 11.8 Å². The molecule has 1 saturated heterocycles. The third-order valence-corrected chi connectivity index (χ3v) is 9.06. The summed E-state index contributed by atoms with van der Waals surface area (Å²) in [6, 6.07) is 4.89. The molecule has 0 spiro atoms. The maximum Gasteiger partial charge on any atom is 0.336 e. The lowest BCUT2D eigenvalue weighted by atomic mass is 9.84. The molecular formula is C24H29N3O5S. The van der Waals surface area contributed by atoms with Crippen molar-refractivity contribution >= 4 is 32.8 Å². The smallest absolute Gasteiger partial charge is 0.336 e. The van der Waals surface area contributed by atoms with E-state index in [4.69, 9.17) is 0 Å². The number of pyridine rings is 1. The molecule has 2 fully saturated rings. The molecule has 0 bridgehead atoms. The molecule has 1 amide bonds. The highest BCUT2D eigenvalue weighted by Crippen LogP contribution is 2.34. The van der Waals surface area contributed by atoms with Gasteiger partial charge in [0, 0.05) is 36.1 Å². The number of sulfonamides is 1. The Balaban J connectivity index is 1.44. The fourth-order valence-corrected chi connectivity index (χ4v) is 6.55. The van der Waals surface area contributed by atoms with Gasteiger partial charge in [-0.25, -0.2) is 13.2 Å². The third kappa shape index (κ3) is 4.24. The zero-order valence-electron chi connectivity index (χ0n) is 18.7. The summed E-state index contributed by atoms with van der Waals surface area (Å²) < 4.78 is 28.2. The van der Waals surface area contributed by atoms with Crippen LogP contribution in [-0.4, -0.2) is 53.8 Å². The molecule has 5 rings (SSSR count). The summed E-state index contributed by atoms with van der Waals surface area (Å²) in [6.45, 7) is 2.64. The van der Waals surface area contributed by atoms with E-state index in [1.54, 1.807) is 6.07 Å². The minimum Gasteiger partial charge on any atom is -0.478 e. The van der Waals surface area contributed by atoms with Crippen molar-refractivity contribution in [2.45, 2.75) is 62.8 Å². The van der Waals surface area contributed by atoms with Crippen LogP contribution in [0.1, 0.15) is 60.6 Å². The summed E-state index contributed by atoms with van der Waals surface area (Å²) in [6.07, 6.45) is 5.35. The van der Waals surface area contributed by atoms with Crippen molar-refractivity contribution in [3.63, 3.8) is 0 Å². The maximum atomic E-state index is 13.4. The molecule has 3 aliphatic rings. The number of nitrogens with zero attached hydrogens (tertiary/aromatic N) is 2. The molecule has 1 aliphatic heterocycles. The molecule has 33 heavy (non-hydrogen) atoms. The largest absolute Gasteiger partial charge is 0.478 e. The molecule has 2 N–H and O–H groups in total. The number of carboxylic acids is 1. The van der Waals surface area contributed by atoms with Crippen LogP contribution in [0.4, 0.5) is 0 Å². The second kappa shape index (κ2) is 8.36. The molecule has 1 saturated carbocycles. The summed E-state index contributed by atoms with van der Waals surface area (Å²) in [5.41, 5.74) is 2.22. The minimum absolute atomic E-state index is 0.0245. The summed E-state index contributed by atoms with van der Waals surface area (Å²) >= 11 is 0. The van der Waals surface area contributed by atoms with Gasteiger partial charge in [-0.3, -0.25) is 9.78 Å². The number of aryl methyl sites for hydroxylation is 1. The Morgan fingerprint density at radius 3 is 2.52 bits per heavy atom. The molecule has 8 nitrogen and oxygen atoms in total. The maximum absolute atomic E-state index is 13.4. The lowest BCUT2D eigenvalue weighted by Crippen LogP contribution is -2.43. The summed E-state index contributed by atoms with van der Waals surface area (Å²) in [5, 5.41) is 13.4. The van der Waals surface area contributed by atoms with Crippen LogP contribution in [-0.2, 0) is 27.7 Å². The van der Waals surface area contributed by atoms with Crippen LogP contribution in [0, 0.1) is 11.8 Å². The van der Waals surface area contributed by atoms with Crippen LogP contribution in [0.15, 0.2) is 23.1 Å². The third-order valence-electron chi connectivity index (χ3n) is 7.17. The number of carbonyl (C=O) groups excluding carboxylic acids is 1. The highest BCUT2D eigenvalue weighted by Gasteiger charge is 2.34. The Morgan fingerprint density at radius 1 is 1.12 bits per heavy atom. The number of fused-ring (bicyclic) bond motifs is 2. The van der Waals surface area contributed by atoms with Crippen LogP contribution in [0.2, 0.25) is 0 Å². The number of aromatic carboxylic acids is 1. The Hall–Kier alpha value is -2.52. The number of hydrogen-bond donors (Lipinski definition) is 2. The molecule has 2 aromatic rings. The Labute approximate surface area is 193 Å². The Morgan fingerprint density at radius 2 is 1.85 bits per heavy atom. The molecule has 0 unspecified atom stereocenters. The monoisotopic (exact) mass is 471 g/mol. The van der Waals surface area contributed by atoms with Gasteiger partial charge in [-0.2, -0.15) is 4.31 Å². The molecule has 9 heteroatoms. The van der Waals surface area contributed by atoms with Gasteiger partial charge in [0.05, 0.1) is 16.0 Å². The lowest BCUT2D eigenvalue weighted by molar-refractivity contribution is -0.126. The predicted molar refractivity (Wildman–Crippen MR) is 123 cm³/mol. The molecular weight excluding hydrogens is 442 g/mol. The number of aromatic nitrogens is 1. The van der Waals surface area contributed by atoms with Crippen LogP contribution in [0.25, 0.3) is 10.9 Å². The van der Waals surface area contributed by atoms with Gasteiger partial charge in [0.1, 0.15) is 0 Å². The first kappa shape index (κ1) is 22.3. The topological polar surface area (TPSA) is 117 Å². The van der Waals surface area contributed by atoms with E-state index in [0.717, 1.165) is 36.9 Å². The van der Waals surface area contributed by atoms with Crippen LogP contribution in [0.3, 0.4) is 0 Å². The average Bonchev–Trinajstić information content (AvgIpc) is 3.61. The highest BCUT2D eigenvalue weighted by molar-refractivity contribution is 7.89. The van der Waals surface area contributed by atoms with Crippen molar-refractivity contribution in [3.05, 3.63) is 35.0 Å². The van der Waals surface area contributed by atoms with E-state index < -0.39 is 16.0 Å². The van der Waals surface area contributed by atoms with Crippen molar-refractivity contribution < 1.29 is 23.1 Å². The Kier molecular flexibility index (Phi) is 5.64. The molecule has 1 aromatic heterocycles. The lowest BCUT2D eigenvalue weighted by Gasteiger charge is -2.30. The average molecular weight is 472 g/mol. The minimum atomic E-state index is -3.81. The Bertz CT molecular complexity index is 1230. The first-order valence-electron chi connectivity index (χ1n) is 11.7. The number of nitrogens with one attached hydrogen (secondary N) is 1. The number of benzene rings is 1. The zero-order valence-corrected chi connectivity index (χ0v) is 19.5. The number of piperidine rings is 1. The molecule has 176 valence electrons. The van der Waals surface area contributed by atoms with Crippen molar-refractivity contribution in [2.75, 3.05) is 13.1 Å². The fraction of sp³-hybridized carbons (Fsp3) is 0.542. The summed E-state index contributed by atoms with van der Waals surface area (Å²) in [4.78, 5) is 29.3. The normalized spacial score (nSPS) is 22.2. The van der Waals surface area contributed by atoms with E-state index >= 15 is 0 Å². The van der Waals surface area contributed by atoms with Gasteiger partial charge in [0.15, 0.2) is 0 Å². The number of carbonyl (C=O) groups is 2. The molecule has 0 radical (unpaired) electrons. The van der Waals surface area contributed by atoms with Crippen molar-refractivity contribution in [1.29, 1.82) is 0 Å². The van der Waals surface area contributed by atoms with Crippen LogP contribution < -0.4 is 5.32 Å². The van der Waals surface area contributed by atoms with E-state index in [-0.39, 0.29) is 35.4 Å². The number of rotatable bonds is 5. The molecule has 1 aromatic carbocycles. The van der Waals surface area contributed by atoms with Gasteiger partial charge in [-0.1, -0.05) is 6.92 Å². The quantitative estimate of drug-likeness (QED) is 0.693. The van der Waals surface area contributed by atoms with Gasteiger partial charge >= 0.3 is 5.97 Å². The SMILES string of the molecule is C[C@H]1CCc2nc3ccc(S(=O)(=O)N4CCC(C(=O)NC5CC5)CC4)cc3c(C(=O)O)c2C1. The van der Waals surface area contributed by atoms with Crippen LogP contribution >= 0.6 is 0 Å². The van der Waals surface area contributed by atoms with Gasteiger partial charge in [0.2, 0.25) is 15.9 Å². The second-order valence-corrected chi connectivity index (χ2v) is 11.6. The fourth-order valence-electron chi connectivity index (χ4n) is 5.05. The van der Waals surface area contributed by atoms with Gasteiger partial charge in [-0.15, -0.1) is 0 Å². The van der Waals surface area contributed by atoms with Crippen LogP contribution in [0.5, 0.6) is 0 Å². The first-order valence-corrected chi connectivity index (χ1v) is 13.2. The number of hydrogen-bond acceptors (Lipinski definition) is 5. The van der Waals surface area contributed by atoms with E-state index in [2.05, 4.69) is 17.2 Å². The molecule has 2 aliphatic carbocycles. The number of carboxylic acid groups (broad SMARTS) is 1. The predicted octanol–water partition coefficient (Wildman–Crippen LogP) is 2.74. The standard InChI is InChI=1S/C24H29N3O5S/c1-14-2-6-20-18(12-14)22(24(29)30)19-13-17(5-7-21(19)26-20)33(31,32)27-10-8-15(9-11-27)23(28)25-16-3-4-16/h5,7,13-16H,2-4,6,8-12H2,1H3,(H,25,28)(H,29,30)/t14-/m0/s1. The molecule has 1 atom stereocenters. The second-order valence-electron chi connectivity index (χ2n) is 9.71. The highest BCUT2D eigenvalue weighted by atomic mass is 32.2. The van der Waals surface area contributed by atoms with Crippen molar-refractivity contribution in [1.82, 2.24) is 14.6 Å². The summed E-state index contributed by atoms with van der Waals surface area (Å²) in [5.74, 6) is -0.827. The van der Waals surface area contributed by atoms with Gasteiger partial charge in [0.25, 0.3) is 0 Å². The van der Waals surface area contributed by atoms with E-state index in [0.29, 0.717) is 42.1 Å². The van der Waals surface area contributed by atoms with Gasteiger partial charge < -0.3 is 10.4 Å². The zero-order chi connectivity index (χ0) is 23.3. The van der Waals surface area contributed by atoms with E-state index in [1.165, 1.54) is 16.4 Å². The van der Waals surface area contributed by atoms with E-state index in [1.807, 2.05) is 0 Å². The first-order chi connectivity index (χ1) is 15.7.